The Labute approximate surface area is 94.7 Å². The van der Waals surface area contributed by atoms with E-state index in [2.05, 4.69) is 5.16 Å². The van der Waals surface area contributed by atoms with Gasteiger partial charge in [-0.15, -0.1) is 0 Å². The van der Waals surface area contributed by atoms with E-state index in [0.717, 1.165) is 5.71 Å². The molecule has 0 radical (unpaired) electrons. The second-order valence-corrected chi connectivity index (χ2v) is 4.76. The van der Waals surface area contributed by atoms with E-state index in [1.165, 1.54) is 6.92 Å². The predicted octanol–water partition coefficient (Wildman–Crippen LogP) is 1.12. The molecule has 1 saturated heterocycles. The Kier molecular flexibility index (Phi) is 2.75. The Morgan fingerprint density at radius 3 is 2.69 bits per heavy atom. The molecule has 0 aromatic carbocycles. The van der Waals surface area contributed by atoms with E-state index in [4.69, 9.17) is 14.3 Å². The third kappa shape index (κ3) is 1.97. The smallest absolute Gasteiger partial charge is 0.195 e. The van der Waals surface area contributed by atoms with Crippen LogP contribution in [0.5, 0.6) is 0 Å². The lowest BCUT2D eigenvalue weighted by molar-refractivity contribution is -0.149. The summed E-state index contributed by atoms with van der Waals surface area (Å²) < 4.78 is 11.2. The van der Waals surface area contributed by atoms with Crippen LogP contribution in [0.1, 0.15) is 27.7 Å². The molecule has 0 aromatic heterocycles. The van der Waals surface area contributed by atoms with Crippen LogP contribution in [0.2, 0.25) is 0 Å². The predicted molar refractivity (Wildman–Crippen MR) is 57.1 cm³/mol. The molecule has 5 heteroatoms. The Bertz CT molecular complexity index is 337. The molecule has 0 bridgehead atoms. The van der Waals surface area contributed by atoms with Crippen molar-refractivity contribution in [2.45, 2.75) is 45.7 Å². The highest BCUT2D eigenvalue weighted by Crippen LogP contribution is 2.32. The quantitative estimate of drug-likeness (QED) is 0.709. The highest BCUT2D eigenvalue weighted by atomic mass is 16.7. The molecule has 0 spiro atoms. The number of rotatable bonds is 2. The van der Waals surface area contributed by atoms with Crippen molar-refractivity contribution < 1.29 is 19.1 Å². The Morgan fingerprint density at radius 2 is 2.19 bits per heavy atom. The van der Waals surface area contributed by atoms with Crippen molar-refractivity contribution in [2.75, 3.05) is 6.61 Å². The molecule has 2 aliphatic heterocycles. The van der Waals surface area contributed by atoms with Crippen LogP contribution in [0.25, 0.3) is 0 Å². The molecule has 0 aliphatic carbocycles. The number of hydrogen-bond donors (Lipinski definition) is 0. The van der Waals surface area contributed by atoms with E-state index in [0.29, 0.717) is 6.61 Å². The largest absolute Gasteiger partial charge is 0.384 e. The summed E-state index contributed by atoms with van der Waals surface area (Å²) in [5.41, 5.74) is 0.798. The van der Waals surface area contributed by atoms with Gasteiger partial charge in [0.2, 0.25) is 0 Å². The van der Waals surface area contributed by atoms with Gasteiger partial charge in [-0.25, -0.2) is 0 Å². The summed E-state index contributed by atoms with van der Waals surface area (Å²) in [6.07, 6.45) is -0.683. The average Bonchev–Trinajstić information content (AvgIpc) is 2.69. The maximum absolute atomic E-state index is 11.4. The monoisotopic (exact) mass is 227 g/mol. The number of hydrogen-bond acceptors (Lipinski definition) is 5. The number of ketones is 1. The van der Waals surface area contributed by atoms with Crippen molar-refractivity contribution in [1.82, 2.24) is 0 Å². The van der Waals surface area contributed by atoms with Gasteiger partial charge in [-0.2, -0.15) is 0 Å². The first kappa shape index (κ1) is 11.5. The summed E-state index contributed by atoms with van der Waals surface area (Å²) in [4.78, 5) is 16.5. The zero-order chi connectivity index (χ0) is 11.9. The van der Waals surface area contributed by atoms with Crippen LogP contribution in [0.3, 0.4) is 0 Å². The number of nitrogens with zero attached hydrogens (tertiary/aromatic N) is 1. The standard InChI is InChI=1S/C11H17NO4/c1-6-9(10(7(2)13)16-12-6)8-5-14-11(3,4)15-8/h8-10H,5H2,1-4H3/t8-,9+,10+/m1/s1. The molecule has 0 N–H and O–H groups in total. The first-order chi connectivity index (χ1) is 7.41. The second kappa shape index (κ2) is 3.82. The normalized spacial score (nSPS) is 37.0. The number of ether oxygens (including phenoxy) is 2. The van der Waals surface area contributed by atoms with Crippen molar-refractivity contribution in [3.05, 3.63) is 0 Å². The van der Waals surface area contributed by atoms with Gasteiger partial charge < -0.3 is 14.3 Å². The minimum Gasteiger partial charge on any atom is -0.384 e. The summed E-state index contributed by atoms with van der Waals surface area (Å²) in [7, 11) is 0. The van der Waals surface area contributed by atoms with Gasteiger partial charge in [-0.1, -0.05) is 5.16 Å². The van der Waals surface area contributed by atoms with Crippen LogP contribution in [0.15, 0.2) is 5.16 Å². The van der Waals surface area contributed by atoms with Crippen LogP contribution in [0.4, 0.5) is 0 Å². The Hall–Kier alpha value is -0.940. The number of carbonyl (C=O) groups excluding carboxylic acids is 1. The van der Waals surface area contributed by atoms with Crippen LogP contribution in [0, 0.1) is 5.92 Å². The molecule has 0 amide bonds. The molecule has 16 heavy (non-hydrogen) atoms. The van der Waals surface area contributed by atoms with Gasteiger partial charge in [0, 0.05) is 0 Å². The molecule has 5 nitrogen and oxygen atoms in total. The van der Waals surface area contributed by atoms with Crippen molar-refractivity contribution in [1.29, 1.82) is 0 Å². The van der Waals surface area contributed by atoms with Crippen molar-refractivity contribution in [2.24, 2.45) is 11.1 Å². The molecule has 0 aromatic rings. The topological polar surface area (TPSA) is 57.1 Å². The molecule has 2 heterocycles. The average molecular weight is 227 g/mol. The zero-order valence-corrected chi connectivity index (χ0v) is 10.0. The van der Waals surface area contributed by atoms with Gasteiger partial charge in [-0.05, 0) is 27.7 Å². The maximum atomic E-state index is 11.4. The molecule has 1 fully saturated rings. The lowest BCUT2D eigenvalue weighted by Crippen LogP contribution is -2.39. The van der Waals surface area contributed by atoms with E-state index in [1.54, 1.807) is 0 Å². The summed E-state index contributed by atoms with van der Waals surface area (Å²) in [5.74, 6) is -0.743. The Balaban J connectivity index is 2.13. The molecule has 90 valence electrons. The number of carbonyl (C=O) groups is 1. The fraction of sp³-hybridized carbons (Fsp3) is 0.818. The molecule has 3 atom stereocenters. The molecule has 0 unspecified atom stereocenters. The van der Waals surface area contributed by atoms with Crippen molar-refractivity contribution in [3.8, 4) is 0 Å². The van der Waals surface area contributed by atoms with Gasteiger partial charge in [0.1, 0.15) is 0 Å². The fourth-order valence-corrected chi connectivity index (χ4v) is 2.17. The van der Waals surface area contributed by atoms with Crippen LogP contribution in [-0.2, 0) is 19.1 Å². The summed E-state index contributed by atoms with van der Waals surface area (Å²) >= 11 is 0. The first-order valence-corrected chi connectivity index (χ1v) is 5.43. The van der Waals surface area contributed by atoms with Gasteiger partial charge in [-0.3, -0.25) is 4.79 Å². The first-order valence-electron chi connectivity index (χ1n) is 5.43. The van der Waals surface area contributed by atoms with Crippen LogP contribution >= 0.6 is 0 Å². The van der Waals surface area contributed by atoms with E-state index >= 15 is 0 Å². The molecule has 2 aliphatic rings. The summed E-state index contributed by atoms with van der Waals surface area (Å²) in [5, 5.41) is 3.87. The zero-order valence-electron chi connectivity index (χ0n) is 10.0. The lowest BCUT2D eigenvalue weighted by atomic mass is 9.90. The molecule has 2 rings (SSSR count). The van der Waals surface area contributed by atoms with Crippen molar-refractivity contribution in [3.63, 3.8) is 0 Å². The van der Waals surface area contributed by atoms with Gasteiger partial charge in [0.25, 0.3) is 0 Å². The highest BCUT2D eigenvalue weighted by molar-refractivity contribution is 5.94. The third-order valence-corrected chi connectivity index (χ3v) is 2.95. The number of oxime groups is 1. The van der Waals surface area contributed by atoms with Crippen molar-refractivity contribution >= 4 is 11.5 Å². The van der Waals surface area contributed by atoms with E-state index in [9.17, 15) is 4.79 Å². The molecule has 0 saturated carbocycles. The number of Topliss-reactive ketones (excluding diaryl/α,β-unsaturated/α-hetero) is 1. The minimum absolute atomic E-state index is 0.0288. The van der Waals surface area contributed by atoms with Crippen LogP contribution in [-0.4, -0.2) is 36.1 Å². The van der Waals surface area contributed by atoms with Gasteiger partial charge >= 0.3 is 0 Å². The maximum Gasteiger partial charge on any atom is 0.195 e. The lowest BCUT2D eigenvalue weighted by Gasteiger charge is -2.22. The van der Waals surface area contributed by atoms with Gasteiger partial charge in [0.05, 0.1) is 24.3 Å². The van der Waals surface area contributed by atoms with E-state index in [-0.39, 0.29) is 17.8 Å². The highest BCUT2D eigenvalue weighted by Gasteiger charge is 2.46. The molecular weight excluding hydrogens is 210 g/mol. The molecular formula is C11H17NO4. The Morgan fingerprint density at radius 1 is 1.50 bits per heavy atom. The van der Waals surface area contributed by atoms with E-state index < -0.39 is 11.9 Å². The van der Waals surface area contributed by atoms with E-state index in [1.807, 2.05) is 20.8 Å². The van der Waals surface area contributed by atoms with Crippen LogP contribution < -0.4 is 0 Å². The SMILES string of the molecule is CC(=O)[C@@H]1ON=C(C)[C@H]1[C@H]1COC(C)(C)O1. The minimum atomic E-state index is -0.588. The third-order valence-electron chi connectivity index (χ3n) is 2.95. The summed E-state index contributed by atoms with van der Waals surface area (Å²) in [6, 6.07) is 0. The summed E-state index contributed by atoms with van der Waals surface area (Å²) in [6.45, 7) is 7.54. The fourth-order valence-electron chi connectivity index (χ4n) is 2.17. The second-order valence-electron chi connectivity index (χ2n) is 4.76. The van der Waals surface area contributed by atoms with Gasteiger partial charge in [0.15, 0.2) is 17.7 Å².